The van der Waals surface area contributed by atoms with Gasteiger partial charge in [0.15, 0.2) is 17.5 Å². The molecule has 2 aromatic carbocycles. The summed E-state index contributed by atoms with van der Waals surface area (Å²) in [5.74, 6) is 0.239. The average Bonchev–Trinajstić information content (AvgIpc) is 3.38. The van der Waals surface area contributed by atoms with Gasteiger partial charge in [-0.05, 0) is 48.0 Å². The highest BCUT2D eigenvalue weighted by Crippen LogP contribution is 2.33. The fraction of sp³-hybridized carbons (Fsp3) is 0.222. The van der Waals surface area contributed by atoms with Gasteiger partial charge in [0.2, 0.25) is 12.6 Å². The molecule has 30 heavy (non-hydrogen) atoms. The molecule has 10 nitrogen and oxygen atoms in total. The molecule has 0 aliphatic carbocycles. The van der Waals surface area contributed by atoms with Gasteiger partial charge in [0.1, 0.15) is 0 Å². The molecular formula is C18H16ClN5O5S. The molecule has 0 radical (unpaired) electrons. The number of carbonyl (C=O) groups excluding carboxylic acids is 1. The second-order valence-electron chi connectivity index (χ2n) is 6.35. The van der Waals surface area contributed by atoms with Crippen LogP contribution in [-0.2, 0) is 14.8 Å². The number of nitrogens with one attached hydrogen (secondary N) is 1. The molecule has 12 heteroatoms. The van der Waals surface area contributed by atoms with Crippen LogP contribution in [-0.4, -0.2) is 41.3 Å². The number of fused-ring (bicyclic) bond motifs is 1. The van der Waals surface area contributed by atoms with Crippen LogP contribution >= 0.6 is 11.6 Å². The zero-order chi connectivity index (χ0) is 21.3. The number of hydrogen-bond donors (Lipinski definition) is 1. The number of tetrazole rings is 1. The van der Waals surface area contributed by atoms with Crippen molar-refractivity contribution < 1.29 is 22.7 Å². The Kier molecular flexibility index (Phi) is 5.31. The van der Waals surface area contributed by atoms with Gasteiger partial charge in [-0.3, -0.25) is 4.79 Å². The summed E-state index contributed by atoms with van der Waals surface area (Å²) >= 11 is 5.88. The number of ether oxygens (including phenoxy) is 2. The molecule has 1 aromatic heterocycles. The molecule has 0 bridgehead atoms. The maximum Gasteiger partial charge on any atom is 0.264 e. The second-order valence-corrected chi connectivity index (χ2v) is 8.47. The highest BCUT2D eigenvalue weighted by molar-refractivity contribution is 7.90. The van der Waals surface area contributed by atoms with E-state index < -0.39 is 22.0 Å². The van der Waals surface area contributed by atoms with Gasteiger partial charge in [0, 0.05) is 16.7 Å². The van der Waals surface area contributed by atoms with Crippen LogP contribution < -0.4 is 14.2 Å². The minimum atomic E-state index is -4.13. The summed E-state index contributed by atoms with van der Waals surface area (Å²) in [6, 6.07) is 9.92. The molecular weight excluding hydrogens is 434 g/mol. The molecule has 0 saturated heterocycles. The van der Waals surface area contributed by atoms with Crippen LogP contribution in [0.25, 0.3) is 11.4 Å². The lowest BCUT2D eigenvalue weighted by molar-refractivity contribution is -0.123. The molecule has 0 fully saturated rings. The molecule has 1 atom stereocenters. The lowest BCUT2D eigenvalue weighted by Crippen LogP contribution is -2.37. The van der Waals surface area contributed by atoms with Crippen LogP contribution in [0.4, 0.5) is 0 Å². The first kappa shape index (κ1) is 20.1. The molecule has 3 aromatic rings. The third kappa shape index (κ3) is 3.94. The van der Waals surface area contributed by atoms with Crippen LogP contribution in [0.2, 0.25) is 5.02 Å². The number of aromatic nitrogens is 4. The van der Waals surface area contributed by atoms with Crippen molar-refractivity contribution in [2.45, 2.75) is 24.3 Å². The standard InChI is InChI=1S/C18H16ClN5O5S/c1-2-14(24-21-17(20-23-24)11-3-5-12(19)6-4-11)18(25)22-30(26,27)13-7-8-15-16(9-13)29-10-28-15/h3-9,14H,2,10H2,1H3,(H,22,25). The highest BCUT2D eigenvalue weighted by atomic mass is 35.5. The number of nitrogens with zero attached hydrogens (tertiary/aromatic N) is 4. The van der Waals surface area contributed by atoms with Crippen LogP contribution in [0, 0.1) is 0 Å². The van der Waals surface area contributed by atoms with Gasteiger partial charge in [-0.1, -0.05) is 18.5 Å². The van der Waals surface area contributed by atoms with Crippen LogP contribution in [0.3, 0.4) is 0 Å². The van der Waals surface area contributed by atoms with Gasteiger partial charge >= 0.3 is 0 Å². The Bertz CT molecular complexity index is 1200. The van der Waals surface area contributed by atoms with E-state index in [1.165, 1.54) is 18.2 Å². The SMILES string of the molecule is CCC(C(=O)NS(=O)(=O)c1ccc2c(c1)OCO2)n1nnc(-c2ccc(Cl)cc2)n1. The Morgan fingerprint density at radius 2 is 1.93 bits per heavy atom. The number of rotatable bonds is 6. The fourth-order valence-corrected chi connectivity index (χ4v) is 3.98. The summed E-state index contributed by atoms with van der Waals surface area (Å²) in [4.78, 5) is 13.7. The molecule has 4 rings (SSSR count). The molecule has 1 unspecified atom stereocenters. The topological polar surface area (TPSA) is 125 Å². The smallest absolute Gasteiger partial charge is 0.264 e. The van der Waals surface area contributed by atoms with Gasteiger partial charge < -0.3 is 9.47 Å². The first-order chi connectivity index (χ1) is 14.4. The first-order valence-corrected chi connectivity index (χ1v) is 10.8. The van der Waals surface area contributed by atoms with Gasteiger partial charge in [0.05, 0.1) is 4.90 Å². The lowest BCUT2D eigenvalue weighted by atomic mass is 10.2. The van der Waals surface area contributed by atoms with Crippen molar-refractivity contribution in [2.24, 2.45) is 0 Å². The van der Waals surface area contributed by atoms with Crippen molar-refractivity contribution in [3.05, 3.63) is 47.5 Å². The van der Waals surface area contributed by atoms with Crippen LogP contribution in [0.15, 0.2) is 47.4 Å². The molecule has 0 spiro atoms. The second kappa shape index (κ2) is 7.92. The summed E-state index contributed by atoms with van der Waals surface area (Å²) < 4.78 is 37.7. The van der Waals surface area contributed by atoms with Crippen molar-refractivity contribution in [1.29, 1.82) is 0 Å². The summed E-state index contributed by atoms with van der Waals surface area (Å²) in [7, 11) is -4.13. The van der Waals surface area contributed by atoms with E-state index in [-0.39, 0.29) is 23.9 Å². The molecule has 0 saturated carbocycles. The Labute approximate surface area is 176 Å². The van der Waals surface area contributed by atoms with E-state index in [4.69, 9.17) is 21.1 Å². The monoisotopic (exact) mass is 449 g/mol. The van der Waals surface area contributed by atoms with Crippen LogP contribution in [0.1, 0.15) is 19.4 Å². The van der Waals surface area contributed by atoms with Crippen molar-refractivity contribution in [2.75, 3.05) is 6.79 Å². The number of sulfonamides is 1. The summed E-state index contributed by atoms with van der Waals surface area (Å²) in [5, 5.41) is 12.6. The highest BCUT2D eigenvalue weighted by Gasteiger charge is 2.28. The van der Waals surface area contributed by atoms with E-state index in [1.54, 1.807) is 31.2 Å². The van der Waals surface area contributed by atoms with Gasteiger partial charge in [-0.15, -0.1) is 10.2 Å². The predicted octanol–water partition coefficient (Wildman–Crippen LogP) is 2.18. The van der Waals surface area contributed by atoms with E-state index in [0.29, 0.717) is 22.1 Å². The van der Waals surface area contributed by atoms with E-state index in [0.717, 1.165) is 4.80 Å². The fourth-order valence-electron chi connectivity index (χ4n) is 2.83. The van der Waals surface area contributed by atoms with Crippen LogP contribution in [0.5, 0.6) is 11.5 Å². The average molecular weight is 450 g/mol. The van der Waals surface area contributed by atoms with E-state index in [1.807, 2.05) is 0 Å². The Balaban J connectivity index is 1.53. The van der Waals surface area contributed by atoms with Crippen molar-refractivity contribution in [3.63, 3.8) is 0 Å². The maximum absolute atomic E-state index is 12.7. The zero-order valence-electron chi connectivity index (χ0n) is 15.6. The number of amides is 1. The van der Waals surface area contributed by atoms with Crippen molar-refractivity contribution in [3.8, 4) is 22.9 Å². The maximum atomic E-state index is 12.7. The number of halogens is 1. The van der Waals surface area contributed by atoms with E-state index in [9.17, 15) is 13.2 Å². The summed E-state index contributed by atoms with van der Waals surface area (Å²) in [6.07, 6.45) is 0.249. The van der Waals surface area contributed by atoms with Crippen molar-refractivity contribution in [1.82, 2.24) is 24.9 Å². The largest absolute Gasteiger partial charge is 0.454 e. The van der Waals surface area contributed by atoms with Crippen molar-refractivity contribution >= 4 is 27.5 Å². The quantitative estimate of drug-likeness (QED) is 0.606. The summed E-state index contributed by atoms with van der Waals surface area (Å²) in [5.41, 5.74) is 0.661. The Morgan fingerprint density at radius 3 is 2.67 bits per heavy atom. The Hall–Kier alpha value is -3.18. The van der Waals surface area contributed by atoms with Gasteiger partial charge in [0.25, 0.3) is 15.9 Å². The number of hydrogen-bond acceptors (Lipinski definition) is 8. The third-order valence-electron chi connectivity index (χ3n) is 4.39. The normalized spacial score (nSPS) is 13.8. The van der Waals surface area contributed by atoms with E-state index in [2.05, 4.69) is 20.1 Å². The Morgan fingerprint density at radius 1 is 1.20 bits per heavy atom. The van der Waals surface area contributed by atoms with Gasteiger partial charge in [-0.2, -0.15) is 4.80 Å². The summed E-state index contributed by atoms with van der Waals surface area (Å²) in [6.45, 7) is 1.72. The molecule has 1 amide bonds. The van der Waals surface area contributed by atoms with E-state index >= 15 is 0 Å². The lowest BCUT2D eigenvalue weighted by Gasteiger charge is -2.14. The molecule has 1 N–H and O–H groups in total. The minimum Gasteiger partial charge on any atom is -0.454 e. The minimum absolute atomic E-state index is 0.0109. The molecule has 1 aliphatic rings. The molecule has 2 heterocycles. The number of benzene rings is 2. The third-order valence-corrected chi connectivity index (χ3v) is 5.98. The number of carbonyl (C=O) groups is 1. The first-order valence-electron chi connectivity index (χ1n) is 8.89. The predicted molar refractivity (Wildman–Crippen MR) is 105 cm³/mol. The van der Waals surface area contributed by atoms with Gasteiger partial charge in [-0.25, -0.2) is 13.1 Å². The molecule has 1 aliphatic heterocycles. The zero-order valence-corrected chi connectivity index (χ0v) is 17.2. The molecule has 156 valence electrons.